The monoisotopic (exact) mass is 375 g/mol. The van der Waals surface area contributed by atoms with E-state index in [0.717, 1.165) is 22.6 Å². The predicted molar refractivity (Wildman–Crippen MR) is 103 cm³/mol. The molecule has 0 atom stereocenters. The highest BCUT2D eigenvalue weighted by Gasteiger charge is 2.31. The van der Waals surface area contributed by atoms with E-state index in [1.54, 1.807) is 0 Å². The fourth-order valence-electron chi connectivity index (χ4n) is 3.33. The molecule has 0 unspecified atom stereocenters. The van der Waals surface area contributed by atoms with E-state index in [1.165, 1.54) is 0 Å². The minimum atomic E-state index is 0.0500. The van der Waals surface area contributed by atoms with E-state index in [0.29, 0.717) is 31.3 Å². The van der Waals surface area contributed by atoms with E-state index in [2.05, 4.69) is 27.7 Å². The van der Waals surface area contributed by atoms with Gasteiger partial charge in [0.15, 0.2) is 0 Å². The van der Waals surface area contributed by atoms with Crippen LogP contribution in [0.5, 0.6) is 0 Å². The molecule has 6 heteroatoms. The van der Waals surface area contributed by atoms with Crippen molar-refractivity contribution in [3.63, 3.8) is 0 Å². The summed E-state index contributed by atoms with van der Waals surface area (Å²) in [5.41, 5.74) is 3.39. The molecule has 0 spiro atoms. The summed E-state index contributed by atoms with van der Waals surface area (Å²) in [6.45, 7) is 10.8. The predicted octanol–water partition coefficient (Wildman–Crippen LogP) is 4.24. The van der Waals surface area contributed by atoms with Crippen LogP contribution in [0.25, 0.3) is 5.69 Å². The van der Waals surface area contributed by atoms with Crippen LogP contribution in [0.4, 0.5) is 0 Å². The van der Waals surface area contributed by atoms with E-state index in [-0.39, 0.29) is 17.7 Å². The van der Waals surface area contributed by atoms with Gasteiger partial charge >= 0.3 is 0 Å². The molecule has 2 aromatic rings. The van der Waals surface area contributed by atoms with Crippen molar-refractivity contribution in [3.05, 3.63) is 46.2 Å². The summed E-state index contributed by atoms with van der Waals surface area (Å²) >= 11 is 6.19. The number of benzene rings is 1. The van der Waals surface area contributed by atoms with Crippen molar-refractivity contribution in [2.75, 3.05) is 26.3 Å². The first-order valence-electron chi connectivity index (χ1n) is 9.16. The van der Waals surface area contributed by atoms with Crippen molar-refractivity contribution in [1.82, 2.24) is 14.7 Å². The summed E-state index contributed by atoms with van der Waals surface area (Å²) < 4.78 is 7.29. The summed E-state index contributed by atoms with van der Waals surface area (Å²) in [5, 5.41) is 5.49. The maximum absolute atomic E-state index is 13.4. The number of hydrogen-bond donors (Lipinski definition) is 0. The van der Waals surface area contributed by atoms with Gasteiger partial charge in [-0.2, -0.15) is 5.10 Å². The van der Waals surface area contributed by atoms with Crippen molar-refractivity contribution >= 4 is 17.5 Å². The van der Waals surface area contributed by atoms with Gasteiger partial charge in [-0.3, -0.25) is 4.79 Å². The average Bonchev–Trinajstić information content (AvgIpc) is 3.03. The van der Waals surface area contributed by atoms with Crippen LogP contribution in [0.1, 0.15) is 61.3 Å². The first kappa shape index (κ1) is 18.9. The molecule has 1 amide bonds. The lowest BCUT2D eigenvalue weighted by molar-refractivity contribution is 0.0301. The standard InChI is InChI=1S/C20H26ClN3O2/c1-13(2)18-17(20(25)23-8-10-26-11-9-23)19(14(3)4)24(22-18)16-7-5-6-15(21)12-16/h5-7,12-14H,8-11H2,1-4H3. The lowest BCUT2D eigenvalue weighted by Crippen LogP contribution is -2.41. The summed E-state index contributed by atoms with van der Waals surface area (Å²) in [6, 6.07) is 7.60. The van der Waals surface area contributed by atoms with Gasteiger partial charge in [0.25, 0.3) is 5.91 Å². The third-order valence-corrected chi connectivity index (χ3v) is 4.84. The van der Waals surface area contributed by atoms with Gasteiger partial charge in [0.05, 0.1) is 35.9 Å². The minimum Gasteiger partial charge on any atom is -0.378 e. The van der Waals surface area contributed by atoms with E-state index < -0.39 is 0 Å². The molecule has 1 fully saturated rings. The molecule has 0 radical (unpaired) electrons. The van der Waals surface area contributed by atoms with Gasteiger partial charge in [0, 0.05) is 18.1 Å². The van der Waals surface area contributed by atoms with Crippen LogP contribution in [0.15, 0.2) is 24.3 Å². The number of rotatable bonds is 4. The number of nitrogens with zero attached hydrogens (tertiary/aromatic N) is 3. The molecule has 0 N–H and O–H groups in total. The minimum absolute atomic E-state index is 0.0500. The van der Waals surface area contributed by atoms with Crippen molar-refractivity contribution in [2.24, 2.45) is 0 Å². The molecule has 0 saturated carbocycles. The number of carbonyl (C=O) groups is 1. The molecule has 1 saturated heterocycles. The van der Waals surface area contributed by atoms with E-state index in [9.17, 15) is 4.79 Å². The van der Waals surface area contributed by atoms with Crippen molar-refractivity contribution < 1.29 is 9.53 Å². The maximum atomic E-state index is 13.4. The fourth-order valence-corrected chi connectivity index (χ4v) is 3.52. The van der Waals surface area contributed by atoms with Crippen LogP contribution >= 0.6 is 11.6 Å². The number of ether oxygens (including phenoxy) is 1. The Labute approximate surface area is 159 Å². The average molecular weight is 376 g/mol. The summed E-state index contributed by atoms with van der Waals surface area (Å²) in [7, 11) is 0. The molecular weight excluding hydrogens is 350 g/mol. The number of morpholine rings is 1. The van der Waals surface area contributed by atoms with Gasteiger partial charge in [0.2, 0.25) is 0 Å². The quantitative estimate of drug-likeness (QED) is 0.802. The normalized spacial score (nSPS) is 15.1. The SMILES string of the molecule is CC(C)c1nn(-c2cccc(Cl)c2)c(C(C)C)c1C(=O)N1CCOCC1. The van der Waals surface area contributed by atoms with Gasteiger partial charge in [-0.05, 0) is 30.0 Å². The third-order valence-electron chi connectivity index (χ3n) is 4.61. The molecule has 1 aromatic carbocycles. The molecule has 26 heavy (non-hydrogen) atoms. The first-order valence-corrected chi connectivity index (χ1v) is 9.53. The zero-order valence-electron chi connectivity index (χ0n) is 15.8. The molecular formula is C20H26ClN3O2. The zero-order chi connectivity index (χ0) is 18.8. The van der Waals surface area contributed by atoms with Crippen molar-refractivity contribution in [3.8, 4) is 5.69 Å². The Bertz CT molecular complexity index is 792. The Morgan fingerprint density at radius 1 is 1.15 bits per heavy atom. The lowest BCUT2D eigenvalue weighted by Gasteiger charge is -2.27. The van der Waals surface area contributed by atoms with Crippen LogP contribution in [0, 0.1) is 0 Å². The van der Waals surface area contributed by atoms with Gasteiger partial charge < -0.3 is 9.64 Å². The molecule has 1 aromatic heterocycles. The maximum Gasteiger partial charge on any atom is 0.257 e. The number of carbonyl (C=O) groups excluding carboxylic acids is 1. The Balaban J connectivity index is 2.16. The van der Waals surface area contributed by atoms with Gasteiger partial charge in [0.1, 0.15) is 0 Å². The van der Waals surface area contributed by atoms with Crippen molar-refractivity contribution in [2.45, 2.75) is 39.5 Å². The van der Waals surface area contributed by atoms with Crippen LogP contribution < -0.4 is 0 Å². The Morgan fingerprint density at radius 3 is 2.42 bits per heavy atom. The summed E-state index contributed by atoms with van der Waals surface area (Å²) in [6.07, 6.45) is 0. The van der Waals surface area contributed by atoms with Gasteiger partial charge in [-0.25, -0.2) is 4.68 Å². The fraction of sp³-hybridized carbons (Fsp3) is 0.500. The number of amides is 1. The van der Waals surface area contributed by atoms with Crippen molar-refractivity contribution in [1.29, 1.82) is 0 Å². The van der Waals surface area contributed by atoms with Crippen LogP contribution in [-0.2, 0) is 4.74 Å². The van der Waals surface area contributed by atoms with Crippen LogP contribution in [0.3, 0.4) is 0 Å². The topological polar surface area (TPSA) is 47.4 Å². The second-order valence-corrected chi connectivity index (χ2v) is 7.69. The smallest absolute Gasteiger partial charge is 0.257 e. The largest absolute Gasteiger partial charge is 0.378 e. The number of halogens is 1. The molecule has 0 aliphatic carbocycles. The van der Waals surface area contributed by atoms with E-state index in [1.807, 2.05) is 33.8 Å². The third kappa shape index (κ3) is 3.64. The summed E-state index contributed by atoms with van der Waals surface area (Å²) in [5.74, 6) is 0.343. The molecule has 2 heterocycles. The number of aromatic nitrogens is 2. The first-order chi connectivity index (χ1) is 12.4. The highest BCUT2D eigenvalue weighted by atomic mass is 35.5. The van der Waals surface area contributed by atoms with Gasteiger partial charge in [-0.1, -0.05) is 45.4 Å². The lowest BCUT2D eigenvalue weighted by atomic mass is 9.97. The zero-order valence-corrected chi connectivity index (χ0v) is 16.6. The molecule has 0 bridgehead atoms. The van der Waals surface area contributed by atoms with Gasteiger partial charge in [-0.15, -0.1) is 0 Å². The molecule has 140 valence electrons. The van der Waals surface area contributed by atoms with Crippen LogP contribution in [0.2, 0.25) is 5.02 Å². The Morgan fingerprint density at radius 2 is 1.85 bits per heavy atom. The van der Waals surface area contributed by atoms with E-state index >= 15 is 0 Å². The second-order valence-electron chi connectivity index (χ2n) is 7.25. The summed E-state index contributed by atoms with van der Waals surface area (Å²) in [4.78, 5) is 15.2. The molecule has 1 aliphatic heterocycles. The Kier molecular flexibility index (Phi) is 5.68. The van der Waals surface area contributed by atoms with Crippen LogP contribution in [-0.4, -0.2) is 46.9 Å². The Hall–Kier alpha value is -1.85. The highest BCUT2D eigenvalue weighted by molar-refractivity contribution is 6.30. The number of hydrogen-bond acceptors (Lipinski definition) is 3. The second kappa shape index (κ2) is 7.80. The van der Waals surface area contributed by atoms with E-state index in [4.69, 9.17) is 21.4 Å². The molecule has 3 rings (SSSR count). The molecule has 5 nitrogen and oxygen atoms in total. The highest BCUT2D eigenvalue weighted by Crippen LogP contribution is 2.31. The molecule has 1 aliphatic rings.